The molecule has 0 amide bonds. The number of aromatic nitrogens is 1. The van der Waals surface area contributed by atoms with Crippen LogP contribution >= 0.6 is 27.3 Å². The number of rotatable bonds is 2. The van der Waals surface area contributed by atoms with Gasteiger partial charge in [0, 0.05) is 14.9 Å². The van der Waals surface area contributed by atoms with Crippen LogP contribution in [-0.2, 0) is 0 Å². The lowest BCUT2D eigenvalue weighted by molar-refractivity contribution is 0.808. The fourth-order valence-electron chi connectivity index (χ4n) is 1.51. The molecule has 4 heteroatoms. The summed E-state index contributed by atoms with van der Waals surface area (Å²) in [6.45, 7) is 4.04. The maximum Gasteiger partial charge on any atom is 0.110 e. The van der Waals surface area contributed by atoms with E-state index in [9.17, 15) is 0 Å². The molecule has 0 aliphatic rings. The van der Waals surface area contributed by atoms with Crippen molar-refractivity contribution in [1.29, 1.82) is 0 Å². The fourth-order valence-corrected chi connectivity index (χ4v) is 2.88. The molecular formula is C12H13BrN2S. The van der Waals surface area contributed by atoms with E-state index in [0.29, 0.717) is 0 Å². The highest BCUT2D eigenvalue weighted by Crippen LogP contribution is 2.33. The van der Waals surface area contributed by atoms with Gasteiger partial charge in [0.05, 0.1) is 11.7 Å². The van der Waals surface area contributed by atoms with Crippen LogP contribution in [0.4, 0.5) is 0 Å². The van der Waals surface area contributed by atoms with Gasteiger partial charge in [0.2, 0.25) is 0 Å². The molecule has 0 fully saturated rings. The Morgan fingerprint density at radius 1 is 1.38 bits per heavy atom. The monoisotopic (exact) mass is 296 g/mol. The molecule has 84 valence electrons. The SMILES string of the molecule is Cc1sc(C(C)N)nc1-c1ccccc1Br. The number of hydrogen-bond donors (Lipinski definition) is 1. The average Bonchev–Trinajstić information content (AvgIpc) is 2.61. The van der Waals surface area contributed by atoms with E-state index in [1.165, 1.54) is 4.88 Å². The molecule has 2 aromatic rings. The van der Waals surface area contributed by atoms with Crippen molar-refractivity contribution in [3.05, 3.63) is 38.6 Å². The molecule has 0 saturated heterocycles. The number of nitrogens with zero attached hydrogens (tertiary/aromatic N) is 1. The summed E-state index contributed by atoms with van der Waals surface area (Å²) in [5.41, 5.74) is 8.01. The minimum atomic E-state index is -0.0000576. The van der Waals surface area contributed by atoms with Gasteiger partial charge in [-0.25, -0.2) is 4.98 Å². The number of hydrogen-bond acceptors (Lipinski definition) is 3. The van der Waals surface area contributed by atoms with E-state index < -0.39 is 0 Å². The van der Waals surface area contributed by atoms with Crippen molar-refractivity contribution >= 4 is 27.3 Å². The minimum Gasteiger partial charge on any atom is -0.322 e. The first-order valence-electron chi connectivity index (χ1n) is 5.07. The molecule has 2 rings (SSSR count). The maximum absolute atomic E-state index is 5.85. The van der Waals surface area contributed by atoms with Gasteiger partial charge in [-0.2, -0.15) is 0 Å². The molecule has 0 bridgehead atoms. The fraction of sp³-hybridized carbons (Fsp3) is 0.250. The highest BCUT2D eigenvalue weighted by Gasteiger charge is 2.13. The lowest BCUT2D eigenvalue weighted by atomic mass is 10.1. The smallest absolute Gasteiger partial charge is 0.110 e. The predicted octanol–water partition coefficient (Wildman–Crippen LogP) is 3.90. The standard InChI is InChI=1S/C12H13BrN2S/c1-7(14)12-15-11(8(2)16-12)9-5-3-4-6-10(9)13/h3-7H,14H2,1-2H3. The Balaban J connectivity index is 2.52. The molecule has 0 radical (unpaired) electrons. The summed E-state index contributed by atoms with van der Waals surface area (Å²) in [4.78, 5) is 5.81. The lowest BCUT2D eigenvalue weighted by Crippen LogP contribution is -2.03. The van der Waals surface area contributed by atoms with Crippen LogP contribution in [0.15, 0.2) is 28.7 Å². The van der Waals surface area contributed by atoms with Crippen LogP contribution in [0.5, 0.6) is 0 Å². The normalized spacial score (nSPS) is 12.8. The van der Waals surface area contributed by atoms with Gasteiger partial charge in [0.15, 0.2) is 0 Å². The van der Waals surface area contributed by atoms with Crippen molar-refractivity contribution in [2.24, 2.45) is 5.73 Å². The van der Waals surface area contributed by atoms with Gasteiger partial charge < -0.3 is 5.73 Å². The molecule has 1 atom stereocenters. The summed E-state index contributed by atoms with van der Waals surface area (Å²) in [6.07, 6.45) is 0. The predicted molar refractivity (Wildman–Crippen MR) is 72.6 cm³/mol. The summed E-state index contributed by atoms with van der Waals surface area (Å²) in [7, 11) is 0. The second-order valence-electron chi connectivity index (χ2n) is 3.73. The molecular weight excluding hydrogens is 284 g/mol. The first-order chi connectivity index (χ1) is 7.59. The van der Waals surface area contributed by atoms with Crippen molar-refractivity contribution in [2.75, 3.05) is 0 Å². The molecule has 2 N–H and O–H groups in total. The van der Waals surface area contributed by atoms with Crippen LogP contribution in [0.25, 0.3) is 11.3 Å². The Morgan fingerprint density at radius 3 is 2.62 bits per heavy atom. The number of nitrogens with two attached hydrogens (primary N) is 1. The molecule has 1 unspecified atom stereocenters. The molecule has 0 spiro atoms. The number of halogens is 1. The zero-order valence-electron chi connectivity index (χ0n) is 9.20. The van der Waals surface area contributed by atoms with E-state index >= 15 is 0 Å². The van der Waals surface area contributed by atoms with E-state index in [0.717, 1.165) is 20.7 Å². The lowest BCUT2D eigenvalue weighted by Gasteiger charge is -2.01. The van der Waals surface area contributed by atoms with E-state index in [1.54, 1.807) is 11.3 Å². The first-order valence-corrected chi connectivity index (χ1v) is 6.68. The van der Waals surface area contributed by atoms with Crippen molar-refractivity contribution in [3.8, 4) is 11.3 Å². The molecule has 16 heavy (non-hydrogen) atoms. The second-order valence-corrected chi connectivity index (χ2v) is 5.81. The second kappa shape index (κ2) is 4.65. The van der Waals surface area contributed by atoms with Crippen molar-refractivity contribution in [2.45, 2.75) is 19.9 Å². The first kappa shape index (κ1) is 11.8. The third-order valence-corrected chi connectivity index (χ3v) is 4.19. The van der Waals surface area contributed by atoms with Crippen LogP contribution < -0.4 is 5.73 Å². The Kier molecular flexibility index (Phi) is 3.42. The van der Waals surface area contributed by atoms with Gasteiger partial charge in [-0.05, 0) is 19.9 Å². The van der Waals surface area contributed by atoms with Gasteiger partial charge >= 0.3 is 0 Å². The Morgan fingerprint density at radius 2 is 2.06 bits per heavy atom. The molecule has 0 saturated carbocycles. The Hall–Kier alpha value is -0.710. The summed E-state index contributed by atoms with van der Waals surface area (Å²) < 4.78 is 1.07. The Labute approximate surface area is 108 Å². The van der Waals surface area contributed by atoms with Gasteiger partial charge in [-0.1, -0.05) is 34.1 Å². The molecule has 0 aliphatic heterocycles. The van der Waals surface area contributed by atoms with E-state index in [4.69, 9.17) is 5.73 Å². The average molecular weight is 297 g/mol. The number of benzene rings is 1. The topological polar surface area (TPSA) is 38.9 Å². The highest BCUT2D eigenvalue weighted by molar-refractivity contribution is 9.10. The summed E-state index contributed by atoms with van der Waals surface area (Å²) in [5.74, 6) is 0. The molecule has 1 heterocycles. The number of thiazole rings is 1. The largest absolute Gasteiger partial charge is 0.322 e. The zero-order valence-corrected chi connectivity index (χ0v) is 11.6. The third kappa shape index (κ3) is 2.19. The molecule has 1 aromatic carbocycles. The zero-order chi connectivity index (χ0) is 11.7. The van der Waals surface area contributed by atoms with Crippen LogP contribution in [0.2, 0.25) is 0 Å². The minimum absolute atomic E-state index is 0.0000576. The maximum atomic E-state index is 5.85. The summed E-state index contributed by atoms with van der Waals surface area (Å²) in [6, 6.07) is 8.11. The van der Waals surface area contributed by atoms with E-state index in [-0.39, 0.29) is 6.04 Å². The molecule has 0 aliphatic carbocycles. The molecule has 1 aromatic heterocycles. The van der Waals surface area contributed by atoms with E-state index in [1.807, 2.05) is 25.1 Å². The van der Waals surface area contributed by atoms with Crippen LogP contribution in [0.3, 0.4) is 0 Å². The van der Waals surface area contributed by atoms with Crippen molar-refractivity contribution < 1.29 is 0 Å². The highest BCUT2D eigenvalue weighted by atomic mass is 79.9. The molecule has 2 nitrogen and oxygen atoms in total. The summed E-state index contributed by atoms with van der Waals surface area (Å²) >= 11 is 5.22. The van der Waals surface area contributed by atoms with Gasteiger partial charge in [0.25, 0.3) is 0 Å². The van der Waals surface area contributed by atoms with Gasteiger partial charge in [-0.3, -0.25) is 0 Å². The summed E-state index contributed by atoms with van der Waals surface area (Å²) in [5, 5.41) is 0.989. The van der Waals surface area contributed by atoms with Crippen LogP contribution in [0, 0.1) is 6.92 Å². The third-order valence-electron chi connectivity index (χ3n) is 2.33. The van der Waals surface area contributed by atoms with Crippen molar-refractivity contribution in [3.63, 3.8) is 0 Å². The van der Waals surface area contributed by atoms with Gasteiger partial charge in [0.1, 0.15) is 5.01 Å². The van der Waals surface area contributed by atoms with Gasteiger partial charge in [-0.15, -0.1) is 11.3 Å². The van der Waals surface area contributed by atoms with E-state index in [2.05, 4.69) is 33.9 Å². The number of aryl methyl sites for hydroxylation is 1. The Bertz CT molecular complexity index is 505. The van der Waals surface area contributed by atoms with Crippen LogP contribution in [0.1, 0.15) is 22.9 Å². The quantitative estimate of drug-likeness (QED) is 0.913. The van der Waals surface area contributed by atoms with Crippen molar-refractivity contribution in [1.82, 2.24) is 4.98 Å². The van der Waals surface area contributed by atoms with Crippen LogP contribution in [-0.4, -0.2) is 4.98 Å².